The molecular weight excluding hydrogens is 180 g/mol. The van der Waals surface area contributed by atoms with Crippen molar-refractivity contribution in [3.63, 3.8) is 0 Å². The van der Waals surface area contributed by atoms with Crippen LogP contribution in [-0.2, 0) is 6.54 Å². The van der Waals surface area contributed by atoms with Crippen molar-refractivity contribution in [2.75, 3.05) is 11.1 Å². The van der Waals surface area contributed by atoms with Crippen LogP contribution < -0.4 is 11.1 Å². The quantitative estimate of drug-likeness (QED) is 0.651. The minimum absolute atomic E-state index is 0.509. The number of hydrogen-bond donors (Lipinski definition) is 3. The molecule has 0 spiro atoms. The summed E-state index contributed by atoms with van der Waals surface area (Å²) in [6.07, 6.45) is 3.14. The molecule has 14 heavy (non-hydrogen) atoms. The SMILES string of the molecule is Nc1ccc(NCc2ncn[nH]2)cn1. The van der Waals surface area contributed by atoms with Gasteiger partial charge < -0.3 is 11.1 Å². The molecule has 2 aromatic rings. The standard InChI is InChI=1S/C8H10N6/c9-7-2-1-6(3-11-7)10-4-8-12-5-13-14-8/h1-3,5,10H,4H2,(H2,9,11)(H,12,13,14). The predicted molar refractivity (Wildman–Crippen MR) is 52.4 cm³/mol. The summed E-state index contributed by atoms with van der Waals surface area (Å²) in [6, 6.07) is 3.60. The van der Waals surface area contributed by atoms with Crippen LogP contribution in [0.3, 0.4) is 0 Å². The molecule has 0 fully saturated rings. The second kappa shape index (κ2) is 3.73. The van der Waals surface area contributed by atoms with E-state index in [1.54, 1.807) is 12.3 Å². The van der Waals surface area contributed by atoms with Crippen LogP contribution in [0.4, 0.5) is 11.5 Å². The smallest absolute Gasteiger partial charge is 0.143 e. The van der Waals surface area contributed by atoms with Crippen LogP contribution in [0.5, 0.6) is 0 Å². The van der Waals surface area contributed by atoms with E-state index in [0.29, 0.717) is 12.4 Å². The molecule has 0 aliphatic heterocycles. The number of nitrogens with zero attached hydrogens (tertiary/aromatic N) is 3. The fraction of sp³-hybridized carbons (Fsp3) is 0.125. The highest BCUT2D eigenvalue weighted by molar-refractivity contribution is 5.45. The number of rotatable bonds is 3. The summed E-state index contributed by atoms with van der Waals surface area (Å²) in [7, 11) is 0. The number of pyridine rings is 1. The lowest BCUT2D eigenvalue weighted by Gasteiger charge is -2.02. The van der Waals surface area contributed by atoms with E-state index in [0.717, 1.165) is 11.5 Å². The van der Waals surface area contributed by atoms with Gasteiger partial charge in [0.1, 0.15) is 18.0 Å². The van der Waals surface area contributed by atoms with Crippen molar-refractivity contribution < 1.29 is 0 Å². The Kier molecular flexibility index (Phi) is 2.26. The average Bonchev–Trinajstić information content (AvgIpc) is 2.70. The highest BCUT2D eigenvalue weighted by Crippen LogP contribution is 2.07. The highest BCUT2D eigenvalue weighted by Gasteiger charge is 1.95. The number of aromatic nitrogens is 4. The summed E-state index contributed by atoms with van der Waals surface area (Å²) in [6.45, 7) is 0.589. The monoisotopic (exact) mass is 190 g/mol. The fourth-order valence-corrected chi connectivity index (χ4v) is 1.01. The molecule has 6 heteroatoms. The van der Waals surface area contributed by atoms with E-state index in [1.165, 1.54) is 6.33 Å². The van der Waals surface area contributed by atoms with E-state index in [4.69, 9.17) is 5.73 Å². The van der Waals surface area contributed by atoms with Gasteiger partial charge in [-0.3, -0.25) is 5.10 Å². The van der Waals surface area contributed by atoms with Gasteiger partial charge in [0.05, 0.1) is 18.4 Å². The van der Waals surface area contributed by atoms with E-state index in [2.05, 4.69) is 25.5 Å². The third-order valence-corrected chi connectivity index (χ3v) is 1.71. The maximum absolute atomic E-state index is 5.45. The first-order valence-electron chi connectivity index (χ1n) is 4.14. The van der Waals surface area contributed by atoms with Gasteiger partial charge in [0.15, 0.2) is 0 Å². The first-order valence-corrected chi connectivity index (χ1v) is 4.14. The molecule has 0 aliphatic rings. The Labute approximate surface area is 80.6 Å². The largest absolute Gasteiger partial charge is 0.384 e. The van der Waals surface area contributed by atoms with Crippen LogP contribution in [0.1, 0.15) is 5.82 Å². The number of nitrogens with one attached hydrogen (secondary N) is 2. The molecule has 72 valence electrons. The average molecular weight is 190 g/mol. The van der Waals surface area contributed by atoms with Crippen LogP contribution >= 0.6 is 0 Å². The van der Waals surface area contributed by atoms with Crippen LogP contribution in [0.2, 0.25) is 0 Å². The van der Waals surface area contributed by atoms with E-state index in [9.17, 15) is 0 Å². The van der Waals surface area contributed by atoms with Gasteiger partial charge in [0.25, 0.3) is 0 Å². The predicted octanol–water partition coefficient (Wildman–Crippen LogP) is 0.394. The molecule has 0 radical (unpaired) electrons. The summed E-state index contributed by atoms with van der Waals surface area (Å²) in [5.41, 5.74) is 6.35. The Morgan fingerprint density at radius 3 is 2.93 bits per heavy atom. The highest BCUT2D eigenvalue weighted by atomic mass is 15.2. The number of hydrogen-bond acceptors (Lipinski definition) is 5. The van der Waals surface area contributed by atoms with Gasteiger partial charge in [-0.05, 0) is 12.1 Å². The van der Waals surface area contributed by atoms with Crippen molar-refractivity contribution in [3.8, 4) is 0 Å². The molecule has 0 aromatic carbocycles. The molecule has 0 saturated carbocycles. The molecular formula is C8H10N6. The van der Waals surface area contributed by atoms with Crippen LogP contribution in [-0.4, -0.2) is 20.2 Å². The number of H-pyrrole nitrogens is 1. The Morgan fingerprint density at radius 1 is 1.36 bits per heavy atom. The topological polar surface area (TPSA) is 92.5 Å². The van der Waals surface area contributed by atoms with Crippen LogP contribution in [0.25, 0.3) is 0 Å². The minimum Gasteiger partial charge on any atom is -0.384 e. The lowest BCUT2D eigenvalue weighted by molar-refractivity contribution is 0.953. The second-order valence-electron chi connectivity index (χ2n) is 2.76. The van der Waals surface area contributed by atoms with Gasteiger partial charge in [-0.1, -0.05) is 0 Å². The van der Waals surface area contributed by atoms with Crippen molar-refractivity contribution in [3.05, 3.63) is 30.5 Å². The third kappa shape index (κ3) is 1.98. The van der Waals surface area contributed by atoms with Crippen molar-refractivity contribution in [1.82, 2.24) is 20.2 Å². The maximum atomic E-state index is 5.45. The van der Waals surface area contributed by atoms with E-state index >= 15 is 0 Å². The van der Waals surface area contributed by atoms with E-state index in [1.807, 2.05) is 6.07 Å². The molecule has 2 heterocycles. The number of nitrogens with two attached hydrogens (primary N) is 1. The molecule has 2 rings (SSSR count). The normalized spacial score (nSPS) is 10.0. The summed E-state index contributed by atoms with van der Waals surface area (Å²) < 4.78 is 0. The van der Waals surface area contributed by atoms with Gasteiger partial charge in [0.2, 0.25) is 0 Å². The Bertz CT molecular complexity index is 379. The molecule has 4 N–H and O–H groups in total. The molecule has 2 aromatic heterocycles. The number of aromatic amines is 1. The Morgan fingerprint density at radius 2 is 2.29 bits per heavy atom. The van der Waals surface area contributed by atoms with Crippen LogP contribution in [0, 0.1) is 0 Å². The van der Waals surface area contributed by atoms with Gasteiger partial charge >= 0.3 is 0 Å². The zero-order valence-electron chi connectivity index (χ0n) is 7.44. The van der Waals surface area contributed by atoms with Crippen LogP contribution in [0.15, 0.2) is 24.7 Å². The number of nitrogen functional groups attached to an aromatic ring is 1. The van der Waals surface area contributed by atoms with Gasteiger partial charge in [-0.25, -0.2) is 9.97 Å². The fourth-order valence-electron chi connectivity index (χ4n) is 1.01. The van der Waals surface area contributed by atoms with Crippen molar-refractivity contribution in [1.29, 1.82) is 0 Å². The lowest BCUT2D eigenvalue weighted by Crippen LogP contribution is -2.02. The first kappa shape index (κ1) is 8.49. The first-order chi connectivity index (χ1) is 6.84. The summed E-state index contributed by atoms with van der Waals surface area (Å²) in [5, 5.41) is 9.61. The molecule has 0 unspecified atom stereocenters. The van der Waals surface area contributed by atoms with Gasteiger partial charge in [-0.15, -0.1) is 0 Å². The van der Waals surface area contributed by atoms with E-state index < -0.39 is 0 Å². The molecule has 0 aliphatic carbocycles. The van der Waals surface area contributed by atoms with Gasteiger partial charge in [-0.2, -0.15) is 5.10 Å². The Hall–Kier alpha value is -2.11. The molecule has 0 bridgehead atoms. The molecule has 0 amide bonds. The maximum Gasteiger partial charge on any atom is 0.143 e. The lowest BCUT2D eigenvalue weighted by atomic mass is 10.4. The summed E-state index contributed by atoms with van der Waals surface area (Å²) in [5.74, 6) is 1.29. The van der Waals surface area contributed by atoms with Crippen molar-refractivity contribution in [2.24, 2.45) is 0 Å². The molecule has 0 atom stereocenters. The molecule has 0 saturated heterocycles. The van der Waals surface area contributed by atoms with Gasteiger partial charge in [0, 0.05) is 0 Å². The van der Waals surface area contributed by atoms with Crippen molar-refractivity contribution in [2.45, 2.75) is 6.54 Å². The third-order valence-electron chi connectivity index (χ3n) is 1.71. The summed E-state index contributed by atoms with van der Waals surface area (Å²) in [4.78, 5) is 7.92. The zero-order chi connectivity index (χ0) is 9.80. The van der Waals surface area contributed by atoms with Crippen molar-refractivity contribution >= 4 is 11.5 Å². The second-order valence-corrected chi connectivity index (χ2v) is 2.76. The Balaban J connectivity index is 1.95. The molecule has 6 nitrogen and oxygen atoms in total. The van der Waals surface area contributed by atoms with E-state index in [-0.39, 0.29) is 0 Å². The summed E-state index contributed by atoms with van der Waals surface area (Å²) >= 11 is 0. The number of anilines is 2. The minimum atomic E-state index is 0.509. The zero-order valence-corrected chi connectivity index (χ0v) is 7.44.